The van der Waals surface area contributed by atoms with E-state index < -0.39 is 72.6 Å². The summed E-state index contributed by atoms with van der Waals surface area (Å²) in [4.78, 5) is 37.7. The highest BCUT2D eigenvalue weighted by Gasteiger charge is 2.45. The summed E-state index contributed by atoms with van der Waals surface area (Å²) >= 11 is 0. The number of hydrogen-bond donors (Lipinski definition) is 1. The van der Waals surface area contributed by atoms with Gasteiger partial charge in [0.15, 0.2) is 21.5 Å². The van der Waals surface area contributed by atoms with Gasteiger partial charge in [0.2, 0.25) is 5.91 Å². The number of carbonyl (C=O) groups is 1. The second-order valence-corrected chi connectivity index (χ2v) is 13.8. The van der Waals surface area contributed by atoms with E-state index in [1.807, 2.05) is 13.8 Å². The maximum absolute atomic E-state index is 17.2. The van der Waals surface area contributed by atoms with Crippen LogP contribution in [-0.2, 0) is 14.6 Å². The summed E-state index contributed by atoms with van der Waals surface area (Å²) in [5, 5.41) is 10.3. The molecule has 0 bridgehead atoms. The average Bonchev–Trinajstić information content (AvgIpc) is 3.07. The van der Waals surface area contributed by atoms with Crippen LogP contribution in [-0.4, -0.2) is 69.8 Å². The van der Waals surface area contributed by atoms with E-state index in [4.69, 9.17) is 0 Å². The molecular weight excluding hydrogens is 604 g/mol. The number of para-hydroxylation sites is 1. The SMILES string of the molecule is C=CC(=O)N1CC(C)N2c3nc(=O)n(-c4c(C)ccnc4C(C)C)c4c(F)c(-c5ccccc5O)c(F)c(c34)S(=O)(=O)CC2C1. The quantitative estimate of drug-likeness (QED) is 0.261. The number of halogens is 2. The number of phenols is 1. The van der Waals surface area contributed by atoms with Crippen LogP contribution in [0.2, 0.25) is 0 Å². The molecule has 1 fully saturated rings. The predicted molar refractivity (Wildman–Crippen MR) is 166 cm³/mol. The van der Waals surface area contributed by atoms with E-state index in [0.717, 1.165) is 10.6 Å². The highest BCUT2D eigenvalue weighted by Crippen LogP contribution is 2.46. The van der Waals surface area contributed by atoms with Gasteiger partial charge in [-0.1, -0.05) is 38.6 Å². The number of phenolic OH excluding ortho intramolecular Hbond substituents is 1. The highest BCUT2D eigenvalue weighted by molar-refractivity contribution is 7.91. The molecule has 0 aliphatic carbocycles. The van der Waals surface area contributed by atoms with Gasteiger partial charge in [-0.05, 0) is 43.5 Å². The summed E-state index contributed by atoms with van der Waals surface area (Å²) in [6.45, 7) is 10.7. The van der Waals surface area contributed by atoms with Crippen molar-refractivity contribution in [3.63, 3.8) is 0 Å². The number of aromatic hydroxyl groups is 1. The van der Waals surface area contributed by atoms with Gasteiger partial charge in [-0.3, -0.25) is 14.3 Å². The third kappa shape index (κ3) is 4.59. The Morgan fingerprint density at radius 3 is 2.53 bits per heavy atom. The molecule has 0 radical (unpaired) electrons. The molecule has 4 heterocycles. The smallest absolute Gasteiger partial charge is 0.354 e. The number of aryl methyl sites for hydroxylation is 1. The first-order valence-electron chi connectivity index (χ1n) is 14.4. The van der Waals surface area contributed by atoms with E-state index in [1.54, 1.807) is 31.0 Å². The Hall–Kier alpha value is -4.65. The molecule has 2 aliphatic rings. The Kier molecular flexibility index (Phi) is 7.26. The molecule has 6 rings (SSSR count). The number of amides is 1. The minimum absolute atomic E-state index is 0.0791. The fraction of sp³-hybridized carbons (Fsp3) is 0.312. The van der Waals surface area contributed by atoms with Crippen molar-refractivity contribution in [3.05, 3.63) is 82.6 Å². The first-order valence-corrected chi connectivity index (χ1v) is 16.1. The molecule has 234 valence electrons. The molecule has 0 spiro atoms. The topological polar surface area (TPSA) is 126 Å². The van der Waals surface area contributed by atoms with Gasteiger partial charge >= 0.3 is 5.69 Å². The minimum atomic E-state index is -4.57. The highest BCUT2D eigenvalue weighted by atomic mass is 32.2. The van der Waals surface area contributed by atoms with Crippen molar-refractivity contribution in [2.24, 2.45) is 0 Å². The number of pyridine rings is 1. The van der Waals surface area contributed by atoms with Crippen LogP contribution >= 0.6 is 0 Å². The van der Waals surface area contributed by atoms with Crippen LogP contribution in [0.5, 0.6) is 5.75 Å². The molecule has 0 saturated carbocycles. The predicted octanol–water partition coefficient (Wildman–Crippen LogP) is 4.24. The van der Waals surface area contributed by atoms with Gasteiger partial charge in [0.05, 0.1) is 39.6 Å². The molecule has 2 aromatic heterocycles. The zero-order chi connectivity index (χ0) is 32.5. The number of anilines is 1. The summed E-state index contributed by atoms with van der Waals surface area (Å²) < 4.78 is 63.5. The minimum Gasteiger partial charge on any atom is -0.507 e. The zero-order valence-corrected chi connectivity index (χ0v) is 25.9. The van der Waals surface area contributed by atoms with Crippen LogP contribution in [0, 0.1) is 18.6 Å². The molecule has 45 heavy (non-hydrogen) atoms. The van der Waals surface area contributed by atoms with Crippen LogP contribution < -0.4 is 10.6 Å². The van der Waals surface area contributed by atoms with Gasteiger partial charge < -0.3 is 14.9 Å². The molecule has 2 atom stereocenters. The number of carbonyl (C=O) groups excluding carboxylic acids is 1. The number of rotatable bonds is 4. The molecule has 1 amide bonds. The van der Waals surface area contributed by atoms with Crippen LogP contribution in [0.25, 0.3) is 27.7 Å². The Morgan fingerprint density at radius 2 is 1.87 bits per heavy atom. The largest absolute Gasteiger partial charge is 0.507 e. The number of nitrogens with zero attached hydrogens (tertiary/aromatic N) is 5. The lowest BCUT2D eigenvalue weighted by atomic mass is 9.99. The van der Waals surface area contributed by atoms with E-state index >= 15 is 8.78 Å². The first-order chi connectivity index (χ1) is 21.3. The molecule has 4 aromatic rings. The Balaban J connectivity index is 1.84. The van der Waals surface area contributed by atoms with Crippen LogP contribution in [0.1, 0.15) is 37.9 Å². The van der Waals surface area contributed by atoms with E-state index in [1.165, 1.54) is 29.2 Å². The number of piperazine rings is 1. The Morgan fingerprint density at radius 1 is 1.16 bits per heavy atom. The average molecular weight is 636 g/mol. The van der Waals surface area contributed by atoms with Crippen molar-refractivity contribution in [3.8, 4) is 22.6 Å². The monoisotopic (exact) mass is 635 g/mol. The van der Waals surface area contributed by atoms with Gasteiger partial charge in [0.1, 0.15) is 16.5 Å². The molecular formula is C32H31F2N5O5S. The van der Waals surface area contributed by atoms with Gasteiger partial charge in [0.25, 0.3) is 0 Å². The van der Waals surface area contributed by atoms with Crippen molar-refractivity contribution in [1.29, 1.82) is 0 Å². The summed E-state index contributed by atoms with van der Waals surface area (Å²) in [6.07, 6.45) is 2.67. The van der Waals surface area contributed by atoms with Crippen LogP contribution in [0.3, 0.4) is 0 Å². The van der Waals surface area contributed by atoms with E-state index in [2.05, 4.69) is 16.5 Å². The zero-order valence-electron chi connectivity index (χ0n) is 25.1. The fourth-order valence-corrected chi connectivity index (χ4v) is 8.41. The maximum Gasteiger partial charge on any atom is 0.354 e. The van der Waals surface area contributed by atoms with Crippen molar-refractivity contribution >= 4 is 32.5 Å². The lowest BCUT2D eigenvalue weighted by Gasteiger charge is -2.45. The fourth-order valence-electron chi connectivity index (χ4n) is 6.60. The van der Waals surface area contributed by atoms with E-state index in [0.29, 0.717) is 11.3 Å². The number of fused-ring (bicyclic) bond motifs is 2. The lowest BCUT2D eigenvalue weighted by Crippen LogP contribution is -2.61. The lowest BCUT2D eigenvalue weighted by molar-refractivity contribution is -0.127. The third-order valence-corrected chi connectivity index (χ3v) is 10.3. The van der Waals surface area contributed by atoms with Gasteiger partial charge in [-0.15, -0.1) is 0 Å². The molecule has 10 nitrogen and oxygen atoms in total. The number of aromatic nitrogens is 3. The van der Waals surface area contributed by atoms with Gasteiger partial charge in [0, 0.05) is 30.9 Å². The van der Waals surface area contributed by atoms with Crippen molar-refractivity contribution < 1.29 is 27.1 Å². The van der Waals surface area contributed by atoms with E-state index in [9.17, 15) is 23.1 Å². The normalized spacial score (nSPS) is 19.0. The van der Waals surface area contributed by atoms with Crippen LogP contribution in [0.4, 0.5) is 14.6 Å². The van der Waals surface area contributed by atoms with Gasteiger partial charge in [-0.25, -0.2) is 22.0 Å². The van der Waals surface area contributed by atoms with Gasteiger partial charge in [-0.2, -0.15) is 4.98 Å². The molecule has 2 aromatic carbocycles. The second-order valence-electron chi connectivity index (χ2n) is 11.8. The molecule has 2 unspecified atom stereocenters. The summed E-state index contributed by atoms with van der Waals surface area (Å²) in [6, 6.07) is 5.50. The second kappa shape index (κ2) is 10.8. The van der Waals surface area contributed by atoms with Crippen molar-refractivity contribution in [2.75, 3.05) is 23.7 Å². The van der Waals surface area contributed by atoms with Crippen LogP contribution in [0.15, 0.2) is 58.9 Å². The maximum atomic E-state index is 17.2. The summed E-state index contributed by atoms with van der Waals surface area (Å²) in [5.74, 6) is -4.64. The number of hydrogen-bond acceptors (Lipinski definition) is 8. The molecule has 1 saturated heterocycles. The number of sulfone groups is 1. The summed E-state index contributed by atoms with van der Waals surface area (Å²) in [5.41, 5.74) is -1.37. The van der Waals surface area contributed by atoms with E-state index in [-0.39, 0.29) is 41.5 Å². The standard InChI is InChI=1S/C32H31F2N5O5S/c1-6-22(41)37-13-18(5)38-19(14-37)15-45(43,44)30-24-29(25(33)23(26(30)34)20-9-7-8-10-21(20)40)39(32(42)36-31(24)38)28-17(4)11-12-35-27(28)16(2)3/h6-12,16,18-19,40H,1,13-15H2,2-5H3. The molecule has 1 N–H and O–H groups in total. The Labute approximate surface area is 258 Å². The summed E-state index contributed by atoms with van der Waals surface area (Å²) in [7, 11) is -4.57. The van der Waals surface area contributed by atoms with Crippen molar-refractivity contribution in [2.45, 2.75) is 50.6 Å². The molecule has 2 aliphatic heterocycles. The Bertz CT molecular complexity index is 2100. The third-order valence-electron chi connectivity index (χ3n) is 8.49. The number of benzene rings is 2. The first kappa shape index (κ1) is 30.4. The molecule has 13 heteroatoms. The van der Waals surface area contributed by atoms with Crippen molar-refractivity contribution in [1.82, 2.24) is 19.4 Å².